The second-order valence-electron chi connectivity index (χ2n) is 4.73. The van der Waals surface area contributed by atoms with Gasteiger partial charge < -0.3 is 14.7 Å². The molecule has 1 aromatic rings. The molecule has 1 rings (SSSR count). The Morgan fingerprint density at radius 1 is 1.33 bits per heavy atom. The standard InChI is InChI=1S/C17H23NO3/c1-3-12-21-13-10-17(20)18(2)14-16-8-5-4-7-15(16)9-6-11-19/h4-5,7-8,19H,3,10-14H2,1-2H3. The van der Waals surface area contributed by atoms with Gasteiger partial charge >= 0.3 is 0 Å². The van der Waals surface area contributed by atoms with E-state index in [1.54, 1.807) is 11.9 Å². The van der Waals surface area contributed by atoms with Crippen molar-refractivity contribution in [3.63, 3.8) is 0 Å². The Kier molecular flexibility index (Phi) is 8.18. The lowest BCUT2D eigenvalue weighted by atomic mass is 10.1. The Bertz CT molecular complexity index is 502. The van der Waals surface area contributed by atoms with Gasteiger partial charge in [-0.25, -0.2) is 0 Å². The van der Waals surface area contributed by atoms with Crippen molar-refractivity contribution < 1.29 is 14.6 Å². The lowest BCUT2D eigenvalue weighted by molar-refractivity contribution is -0.131. The van der Waals surface area contributed by atoms with Crippen molar-refractivity contribution >= 4 is 5.91 Å². The number of hydrogen-bond acceptors (Lipinski definition) is 3. The van der Waals surface area contributed by atoms with E-state index >= 15 is 0 Å². The van der Waals surface area contributed by atoms with Crippen molar-refractivity contribution in [2.45, 2.75) is 26.3 Å². The van der Waals surface area contributed by atoms with Crippen molar-refractivity contribution in [3.05, 3.63) is 35.4 Å². The number of hydrogen-bond donors (Lipinski definition) is 1. The van der Waals surface area contributed by atoms with Gasteiger partial charge in [-0.15, -0.1) is 0 Å². The first-order valence-electron chi connectivity index (χ1n) is 7.18. The van der Waals surface area contributed by atoms with Crippen LogP contribution in [0.25, 0.3) is 0 Å². The summed E-state index contributed by atoms with van der Waals surface area (Å²) in [6.07, 6.45) is 1.35. The molecule has 21 heavy (non-hydrogen) atoms. The van der Waals surface area contributed by atoms with Crippen LogP contribution in [0.5, 0.6) is 0 Å². The Balaban J connectivity index is 2.57. The number of rotatable bonds is 7. The van der Waals surface area contributed by atoms with E-state index in [4.69, 9.17) is 9.84 Å². The van der Waals surface area contributed by atoms with Gasteiger partial charge in [-0.2, -0.15) is 0 Å². The zero-order chi connectivity index (χ0) is 15.5. The molecule has 4 heteroatoms. The number of benzene rings is 1. The zero-order valence-electron chi connectivity index (χ0n) is 12.8. The predicted octanol–water partition coefficient (Wildman–Crippen LogP) is 1.81. The first kappa shape index (κ1) is 17.2. The molecule has 1 aromatic carbocycles. The Morgan fingerprint density at radius 3 is 2.81 bits per heavy atom. The number of aliphatic hydroxyl groups is 1. The highest BCUT2D eigenvalue weighted by atomic mass is 16.5. The molecular formula is C17H23NO3. The van der Waals surface area contributed by atoms with Gasteiger partial charge in [0, 0.05) is 25.8 Å². The predicted molar refractivity (Wildman–Crippen MR) is 82.6 cm³/mol. The summed E-state index contributed by atoms with van der Waals surface area (Å²) in [5, 5.41) is 8.78. The molecule has 0 bridgehead atoms. The maximum absolute atomic E-state index is 12.0. The largest absolute Gasteiger partial charge is 0.384 e. The number of amides is 1. The third-order valence-corrected chi connectivity index (χ3v) is 2.96. The molecule has 0 fully saturated rings. The highest BCUT2D eigenvalue weighted by molar-refractivity contribution is 5.76. The number of ether oxygens (including phenoxy) is 1. The van der Waals surface area contributed by atoms with E-state index in [1.807, 2.05) is 31.2 Å². The molecular weight excluding hydrogens is 266 g/mol. The minimum atomic E-state index is -0.169. The van der Waals surface area contributed by atoms with Gasteiger partial charge in [0.2, 0.25) is 5.91 Å². The van der Waals surface area contributed by atoms with Gasteiger partial charge in [-0.3, -0.25) is 4.79 Å². The normalized spacial score (nSPS) is 9.86. The Labute approximate surface area is 126 Å². The van der Waals surface area contributed by atoms with E-state index < -0.39 is 0 Å². The summed E-state index contributed by atoms with van der Waals surface area (Å²) in [6.45, 7) is 3.53. The zero-order valence-corrected chi connectivity index (χ0v) is 12.8. The highest BCUT2D eigenvalue weighted by Gasteiger charge is 2.10. The minimum absolute atomic E-state index is 0.0519. The fraction of sp³-hybridized carbons (Fsp3) is 0.471. The van der Waals surface area contributed by atoms with Crippen LogP contribution in [0.3, 0.4) is 0 Å². The van der Waals surface area contributed by atoms with Gasteiger partial charge in [-0.1, -0.05) is 37.0 Å². The summed E-state index contributed by atoms with van der Waals surface area (Å²) < 4.78 is 5.33. The van der Waals surface area contributed by atoms with Crippen molar-refractivity contribution in [1.29, 1.82) is 0 Å². The van der Waals surface area contributed by atoms with Crippen molar-refractivity contribution in [3.8, 4) is 11.8 Å². The number of aliphatic hydroxyl groups excluding tert-OH is 1. The van der Waals surface area contributed by atoms with Crippen molar-refractivity contribution in [2.75, 3.05) is 26.9 Å². The SMILES string of the molecule is CCCOCCC(=O)N(C)Cc1ccccc1C#CCO. The van der Waals surface area contributed by atoms with Gasteiger partial charge in [0.15, 0.2) is 0 Å². The highest BCUT2D eigenvalue weighted by Crippen LogP contribution is 2.10. The lowest BCUT2D eigenvalue weighted by Crippen LogP contribution is -2.27. The van der Waals surface area contributed by atoms with Crippen LogP contribution in [0.4, 0.5) is 0 Å². The van der Waals surface area contributed by atoms with Gasteiger partial charge in [0.05, 0.1) is 13.0 Å². The molecule has 0 aliphatic heterocycles. The molecule has 0 aliphatic rings. The molecule has 0 aromatic heterocycles. The summed E-state index contributed by atoms with van der Waals surface area (Å²) in [5.41, 5.74) is 1.82. The number of carbonyl (C=O) groups is 1. The lowest BCUT2D eigenvalue weighted by Gasteiger charge is -2.18. The molecule has 0 aliphatic carbocycles. The molecule has 0 atom stereocenters. The topological polar surface area (TPSA) is 49.8 Å². The molecule has 0 unspecified atom stereocenters. The molecule has 0 saturated carbocycles. The average Bonchev–Trinajstić information content (AvgIpc) is 2.50. The summed E-state index contributed by atoms with van der Waals surface area (Å²) in [7, 11) is 1.78. The monoisotopic (exact) mass is 289 g/mol. The minimum Gasteiger partial charge on any atom is -0.384 e. The van der Waals surface area contributed by atoms with Crippen LogP contribution in [0.15, 0.2) is 24.3 Å². The fourth-order valence-electron chi connectivity index (χ4n) is 1.86. The summed E-state index contributed by atoms with van der Waals surface area (Å²) in [6, 6.07) is 7.65. The van der Waals surface area contributed by atoms with Gasteiger partial charge in [0.1, 0.15) is 6.61 Å². The first-order chi connectivity index (χ1) is 10.2. The van der Waals surface area contributed by atoms with Crippen molar-refractivity contribution in [1.82, 2.24) is 4.90 Å². The third-order valence-electron chi connectivity index (χ3n) is 2.96. The van der Waals surface area contributed by atoms with Gasteiger partial charge in [0.25, 0.3) is 0 Å². The summed E-state index contributed by atoms with van der Waals surface area (Å²) in [4.78, 5) is 13.7. The maximum atomic E-state index is 12.0. The summed E-state index contributed by atoms with van der Waals surface area (Å²) in [5.74, 6) is 5.59. The molecule has 0 radical (unpaired) electrons. The van der Waals surface area contributed by atoms with Crippen molar-refractivity contribution in [2.24, 2.45) is 0 Å². The maximum Gasteiger partial charge on any atom is 0.224 e. The van der Waals surface area contributed by atoms with Crippen LogP contribution in [-0.4, -0.2) is 42.8 Å². The van der Waals surface area contributed by atoms with Crippen LogP contribution in [0, 0.1) is 11.8 Å². The van der Waals surface area contributed by atoms with Gasteiger partial charge in [-0.05, 0) is 18.1 Å². The van der Waals surface area contributed by atoms with E-state index in [1.165, 1.54) is 0 Å². The van der Waals surface area contributed by atoms with E-state index in [0.717, 1.165) is 17.5 Å². The average molecular weight is 289 g/mol. The van der Waals surface area contributed by atoms with Crippen LogP contribution < -0.4 is 0 Å². The fourth-order valence-corrected chi connectivity index (χ4v) is 1.86. The van der Waals surface area contributed by atoms with Crippen LogP contribution in [-0.2, 0) is 16.1 Å². The molecule has 0 heterocycles. The molecule has 4 nitrogen and oxygen atoms in total. The molecule has 1 amide bonds. The van der Waals surface area contributed by atoms with E-state index in [-0.39, 0.29) is 12.5 Å². The number of carbonyl (C=O) groups excluding carboxylic acids is 1. The van der Waals surface area contributed by atoms with E-state index in [0.29, 0.717) is 26.2 Å². The second-order valence-corrected chi connectivity index (χ2v) is 4.73. The van der Waals surface area contributed by atoms with E-state index in [9.17, 15) is 4.79 Å². The second kappa shape index (κ2) is 9.98. The Hall–Kier alpha value is -1.83. The summed E-state index contributed by atoms with van der Waals surface area (Å²) >= 11 is 0. The Morgan fingerprint density at radius 2 is 2.10 bits per heavy atom. The molecule has 114 valence electrons. The molecule has 0 spiro atoms. The smallest absolute Gasteiger partial charge is 0.224 e. The van der Waals surface area contributed by atoms with E-state index in [2.05, 4.69) is 11.8 Å². The first-order valence-corrected chi connectivity index (χ1v) is 7.18. The van der Waals surface area contributed by atoms with Crippen LogP contribution in [0.2, 0.25) is 0 Å². The van der Waals surface area contributed by atoms with Crippen LogP contribution in [0.1, 0.15) is 30.9 Å². The number of nitrogens with zero attached hydrogens (tertiary/aromatic N) is 1. The third kappa shape index (κ3) is 6.44. The quantitative estimate of drug-likeness (QED) is 0.615. The van der Waals surface area contributed by atoms with Crippen LogP contribution >= 0.6 is 0 Å². The molecule has 1 N–H and O–H groups in total. The molecule has 0 saturated heterocycles.